The molecule has 0 aliphatic carbocycles. The van der Waals surface area contributed by atoms with Crippen molar-refractivity contribution >= 4 is 23.9 Å². The summed E-state index contributed by atoms with van der Waals surface area (Å²) in [6.07, 6.45) is -0.132. The zero-order valence-electron chi connectivity index (χ0n) is 34.4. The van der Waals surface area contributed by atoms with Crippen LogP contribution in [0.4, 0.5) is 0 Å². The van der Waals surface area contributed by atoms with Crippen LogP contribution in [0.1, 0.15) is 121 Å². The Morgan fingerprint density at radius 2 is 1.35 bits per heavy atom. The van der Waals surface area contributed by atoms with Gasteiger partial charge in [0.1, 0.15) is 16.8 Å². The van der Waals surface area contributed by atoms with Crippen molar-refractivity contribution in [1.29, 1.82) is 0 Å². The van der Waals surface area contributed by atoms with Gasteiger partial charge in [-0.1, -0.05) is 49.4 Å². The lowest BCUT2D eigenvalue weighted by Gasteiger charge is -2.51. The number of methoxy groups -OCH3 is 1. The molecule has 2 aliphatic rings. The van der Waals surface area contributed by atoms with Gasteiger partial charge < -0.3 is 43.0 Å². The zero-order chi connectivity index (χ0) is 41.0. The number of hydrogen-bond acceptors (Lipinski definition) is 13. The lowest BCUT2D eigenvalue weighted by atomic mass is 9.74. The van der Waals surface area contributed by atoms with E-state index in [1.54, 1.807) is 62.3 Å². The molecule has 0 unspecified atom stereocenters. The Labute approximate surface area is 320 Å². The lowest BCUT2D eigenvalue weighted by molar-refractivity contribution is -0.387. The number of aliphatic hydroxyl groups is 1. The highest BCUT2D eigenvalue weighted by atomic mass is 16.8. The van der Waals surface area contributed by atoms with Crippen molar-refractivity contribution in [3.05, 3.63) is 48.0 Å². The number of allylic oxidation sites excluding steroid dienone is 2. The smallest absolute Gasteiger partial charge is 0.347 e. The first-order valence-electron chi connectivity index (χ1n) is 18.7. The first-order valence-corrected chi connectivity index (χ1v) is 18.7. The van der Waals surface area contributed by atoms with Gasteiger partial charge in [0.15, 0.2) is 18.0 Å². The van der Waals surface area contributed by atoms with Crippen LogP contribution in [-0.4, -0.2) is 94.0 Å². The standard InChI is InChI=1S/C41H62O13/c1-14-22-28(42)48-30-29(49-38(11,12)47-13)39(26-21-16-15-18-23-27-24-19-17-20-25-27)50-31(32(43)51-35(2,3)4)40(46,33(44)52-36(5,6)7)41(30,54-39)34(45)53-37(8,9)10/h15-17,19-20,24-25,29-31,46H,14,18,21-23,26H2,1-13H3/b16-15+/t29-,30-,31-,39-,40-,41-/m1/s1. The molecule has 2 bridgehead atoms. The topological polar surface area (TPSA) is 162 Å². The van der Waals surface area contributed by atoms with Crippen molar-refractivity contribution in [1.82, 2.24) is 0 Å². The molecular formula is C41H62O13. The van der Waals surface area contributed by atoms with Crippen molar-refractivity contribution in [2.45, 2.75) is 180 Å². The summed E-state index contributed by atoms with van der Waals surface area (Å²) in [6, 6.07) is 9.96. The van der Waals surface area contributed by atoms with Crippen LogP contribution < -0.4 is 0 Å². The second-order valence-corrected chi connectivity index (χ2v) is 17.3. The molecule has 3 rings (SSSR count). The second kappa shape index (κ2) is 16.8. The molecule has 2 aliphatic heterocycles. The molecule has 2 fully saturated rings. The fraction of sp³-hybridized carbons (Fsp3) is 0.707. The summed E-state index contributed by atoms with van der Waals surface area (Å²) in [7, 11) is 1.38. The summed E-state index contributed by atoms with van der Waals surface area (Å²) in [5.74, 6) is -8.41. The third kappa shape index (κ3) is 10.5. The summed E-state index contributed by atoms with van der Waals surface area (Å²) >= 11 is 0. The van der Waals surface area contributed by atoms with Crippen LogP contribution in [0.5, 0.6) is 0 Å². The number of carbonyl (C=O) groups is 4. The van der Waals surface area contributed by atoms with E-state index in [0.717, 1.165) is 12.0 Å². The number of esters is 4. The van der Waals surface area contributed by atoms with Gasteiger partial charge in [0.2, 0.25) is 17.5 Å². The molecule has 304 valence electrons. The Morgan fingerprint density at radius 1 is 0.796 bits per heavy atom. The Balaban J connectivity index is 2.38. The van der Waals surface area contributed by atoms with Crippen LogP contribution in [0.3, 0.4) is 0 Å². The largest absolute Gasteiger partial charge is 0.458 e. The fourth-order valence-electron chi connectivity index (χ4n) is 6.28. The minimum Gasteiger partial charge on any atom is -0.458 e. The number of aryl methyl sites for hydroxylation is 1. The zero-order valence-corrected chi connectivity index (χ0v) is 34.4. The van der Waals surface area contributed by atoms with E-state index in [9.17, 15) is 24.3 Å². The number of carbonyl (C=O) groups excluding carboxylic acids is 4. The van der Waals surface area contributed by atoms with Crippen LogP contribution >= 0.6 is 0 Å². The van der Waals surface area contributed by atoms with Crippen molar-refractivity contribution in [2.24, 2.45) is 0 Å². The van der Waals surface area contributed by atoms with E-state index in [2.05, 4.69) is 0 Å². The molecule has 0 amide bonds. The first-order chi connectivity index (χ1) is 24.8. The summed E-state index contributed by atoms with van der Waals surface area (Å²) in [5, 5.41) is 13.1. The molecule has 0 radical (unpaired) electrons. The average molecular weight is 763 g/mol. The van der Waals surface area contributed by atoms with Gasteiger partial charge in [-0.2, -0.15) is 0 Å². The van der Waals surface area contributed by atoms with Gasteiger partial charge in [-0.3, -0.25) is 4.79 Å². The number of ether oxygens (including phenoxy) is 8. The maximum Gasteiger partial charge on any atom is 0.347 e. The van der Waals surface area contributed by atoms with Crippen LogP contribution in [0.2, 0.25) is 0 Å². The van der Waals surface area contributed by atoms with Gasteiger partial charge in [-0.05, 0) is 107 Å². The third-order valence-electron chi connectivity index (χ3n) is 8.62. The molecule has 2 heterocycles. The molecule has 2 saturated heterocycles. The highest BCUT2D eigenvalue weighted by molar-refractivity contribution is 6.00. The predicted octanol–water partition coefficient (Wildman–Crippen LogP) is 6.06. The van der Waals surface area contributed by atoms with Gasteiger partial charge in [0, 0.05) is 20.0 Å². The fourth-order valence-corrected chi connectivity index (χ4v) is 6.28. The van der Waals surface area contributed by atoms with Gasteiger partial charge >= 0.3 is 23.9 Å². The van der Waals surface area contributed by atoms with Gasteiger partial charge in [0.25, 0.3) is 5.60 Å². The maximum atomic E-state index is 14.9. The summed E-state index contributed by atoms with van der Waals surface area (Å²) in [6.45, 7) is 19.0. The van der Waals surface area contributed by atoms with Crippen molar-refractivity contribution in [2.75, 3.05) is 7.11 Å². The minimum absolute atomic E-state index is 0.111. The van der Waals surface area contributed by atoms with E-state index in [-0.39, 0.29) is 19.3 Å². The van der Waals surface area contributed by atoms with Crippen molar-refractivity contribution in [3.63, 3.8) is 0 Å². The van der Waals surface area contributed by atoms with Crippen LogP contribution in [0, 0.1) is 0 Å². The third-order valence-corrected chi connectivity index (χ3v) is 8.62. The molecule has 6 atom stereocenters. The average Bonchev–Trinajstić information content (AvgIpc) is 3.25. The predicted molar refractivity (Wildman–Crippen MR) is 198 cm³/mol. The molecule has 1 aromatic carbocycles. The van der Waals surface area contributed by atoms with Crippen LogP contribution in [-0.2, 0) is 63.5 Å². The van der Waals surface area contributed by atoms with Gasteiger partial charge in [0.05, 0.1) is 0 Å². The maximum absolute atomic E-state index is 14.9. The highest BCUT2D eigenvalue weighted by Gasteiger charge is 2.87. The monoisotopic (exact) mass is 762 g/mol. The van der Waals surface area contributed by atoms with Crippen molar-refractivity contribution < 1.29 is 62.2 Å². The summed E-state index contributed by atoms with van der Waals surface area (Å²) < 4.78 is 48.7. The number of fused-ring (bicyclic) bond motifs is 2. The quantitative estimate of drug-likeness (QED) is 0.0952. The van der Waals surface area contributed by atoms with Gasteiger partial charge in [-0.25, -0.2) is 14.4 Å². The molecule has 13 nitrogen and oxygen atoms in total. The second-order valence-electron chi connectivity index (χ2n) is 17.3. The van der Waals surface area contributed by atoms with E-state index in [0.29, 0.717) is 12.8 Å². The Morgan fingerprint density at radius 3 is 1.89 bits per heavy atom. The molecule has 54 heavy (non-hydrogen) atoms. The molecule has 0 spiro atoms. The SMILES string of the molecule is CCCC(=O)O[C@@H]1[C@@H](OC(C)(C)OC)[C@]2(CC/C=C/CCc3ccccc3)O[C@H](C(=O)OC(C)(C)C)[C@@](O)(C(=O)OC(C)(C)C)[C@@]1(C(=O)OC(C)(C)C)O2. The Bertz CT molecular complexity index is 1500. The number of rotatable bonds is 15. The van der Waals surface area contributed by atoms with Crippen LogP contribution in [0.25, 0.3) is 0 Å². The van der Waals surface area contributed by atoms with E-state index >= 15 is 0 Å². The number of hydrogen-bond donors (Lipinski definition) is 1. The van der Waals surface area contributed by atoms with E-state index in [4.69, 9.17) is 37.9 Å². The Hall–Kier alpha value is -3.36. The van der Waals surface area contributed by atoms with Gasteiger partial charge in [-0.15, -0.1) is 0 Å². The molecule has 1 N–H and O–H groups in total. The summed E-state index contributed by atoms with van der Waals surface area (Å²) in [5.41, 5.74) is -8.87. The Kier molecular flexibility index (Phi) is 14.0. The molecular weight excluding hydrogens is 700 g/mol. The van der Waals surface area contributed by atoms with E-state index in [1.165, 1.54) is 27.9 Å². The molecule has 0 saturated carbocycles. The lowest BCUT2D eigenvalue weighted by Crippen LogP contribution is -2.79. The normalized spacial score (nSPS) is 27.4. The summed E-state index contributed by atoms with van der Waals surface area (Å²) in [4.78, 5) is 57.4. The van der Waals surface area contributed by atoms with Crippen molar-refractivity contribution in [3.8, 4) is 0 Å². The van der Waals surface area contributed by atoms with E-state index < -0.39 is 81.8 Å². The first kappa shape index (κ1) is 45.0. The number of benzene rings is 1. The highest BCUT2D eigenvalue weighted by Crippen LogP contribution is 2.58. The van der Waals surface area contributed by atoms with E-state index in [1.807, 2.05) is 42.5 Å². The minimum atomic E-state index is -3.37. The molecule has 13 heteroatoms. The van der Waals surface area contributed by atoms with Crippen LogP contribution in [0.15, 0.2) is 42.5 Å². The molecule has 0 aromatic heterocycles. The molecule has 1 aromatic rings.